The van der Waals surface area contributed by atoms with E-state index in [4.69, 9.17) is 0 Å². The summed E-state index contributed by atoms with van der Waals surface area (Å²) in [6, 6.07) is 20.3. The molecule has 1 fully saturated rings. The average Bonchev–Trinajstić information content (AvgIpc) is 2.64. The van der Waals surface area contributed by atoms with Crippen molar-refractivity contribution in [2.75, 3.05) is 13.1 Å². The van der Waals surface area contributed by atoms with Crippen molar-refractivity contribution >= 4 is 0 Å². The minimum atomic E-state index is -1.01. The van der Waals surface area contributed by atoms with Gasteiger partial charge in [0.1, 0.15) is 0 Å². The van der Waals surface area contributed by atoms with Gasteiger partial charge in [-0.1, -0.05) is 36.4 Å². The van der Waals surface area contributed by atoms with E-state index in [1.165, 1.54) is 12.8 Å². The largest absolute Gasteiger partial charge is 0.335 e. The molecule has 5 rings (SSSR count). The molecular formula is C20H22NO+. The van der Waals surface area contributed by atoms with Crippen LogP contribution in [0.25, 0.3) is 0 Å². The van der Waals surface area contributed by atoms with Crippen LogP contribution in [0.1, 0.15) is 24.0 Å². The Balaban J connectivity index is 1.94. The van der Waals surface area contributed by atoms with Crippen LogP contribution in [0.5, 0.6) is 0 Å². The van der Waals surface area contributed by atoms with Gasteiger partial charge in [-0.05, 0) is 36.3 Å². The highest BCUT2D eigenvalue weighted by Gasteiger charge is 2.54. The van der Waals surface area contributed by atoms with Gasteiger partial charge >= 0.3 is 0 Å². The fraction of sp³-hybridized carbons (Fsp3) is 0.300. The third-order valence-electron chi connectivity index (χ3n) is 5.44. The monoisotopic (exact) mass is 292 g/mol. The van der Waals surface area contributed by atoms with E-state index in [0.717, 1.165) is 24.2 Å². The molecule has 0 aliphatic carbocycles. The lowest BCUT2D eigenvalue weighted by molar-refractivity contribution is -0.966. The zero-order valence-corrected chi connectivity index (χ0v) is 12.7. The maximum Gasteiger partial charge on any atom is 0.258 e. The van der Waals surface area contributed by atoms with Gasteiger partial charge in [-0.2, -0.15) is 0 Å². The van der Waals surface area contributed by atoms with Crippen molar-refractivity contribution in [3.05, 3.63) is 84.1 Å². The number of rotatable bonds is 3. The molecule has 0 amide bonds. The number of benzene rings is 2. The predicted octanol–water partition coefficient (Wildman–Crippen LogP) is 3.63. The second kappa shape index (κ2) is 5.08. The normalized spacial score (nSPS) is 27.0. The van der Waals surface area contributed by atoms with E-state index >= 15 is 0 Å². The first-order valence-corrected chi connectivity index (χ1v) is 8.14. The fourth-order valence-electron chi connectivity index (χ4n) is 4.13. The maximum absolute atomic E-state index is 12.0. The van der Waals surface area contributed by atoms with E-state index in [2.05, 4.69) is 36.5 Å². The van der Waals surface area contributed by atoms with Crippen LogP contribution < -0.4 is 0 Å². The molecule has 2 heteroatoms. The van der Waals surface area contributed by atoms with Crippen LogP contribution in [0.3, 0.4) is 0 Å². The van der Waals surface area contributed by atoms with Crippen LogP contribution in [0.15, 0.2) is 72.9 Å². The van der Waals surface area contributed by atoms with Gasteiger partial charge in [-0.25, -0.2) is 0 Å². The highest BCUT2D eigenvalue weighted by atomic mass is 16.3. The quantitative estimate of drug-likeness (QED) is 0.856. The van der Waals surface area contributed by atoms with Gasteiger partial charge in [0, 0.05) is 24.0 Å². The van der Waals surface area contributed by atoms with Crippen LogP contribution in [-0.4, -0.2) is 22.7 Å². The molecule has 2 aromatic rings. The summed E-state index contributed by atoms with van der Waals surface area (Å²) < 4.78 is 0.623. The van der Waals surface area contributed by atoms with E-state index < -0.39 is 5.72 Å². The second-order valence-corrected chi connectivity index (χ2v) is 6.56. The fourth-order valence-corrected chi connectivity index (χ4v) is 4.13. The average molecular weight is 292 g/mol. The molecule has 2 nitrogen and oxygen atoms in total. The summed E-state index contributed by atoms with van der Waals surface area (Å²) in [6.07, 6.45) is 6.89. The van der Waals surface area contributed by atoms with Gasteiger partial charge in [0.05, 0.1) is 19.3 Å². The summed E-state index contributed by atoms with van der Waals surface area (Å²) in [4.78, 5) is 0. The van der Waals surface area contributed by atoms with Crippen molar-refractivity contribution in [3.63, 3.8) is 0 Å². The Morgan fingerprint density at radius 1 is 0.818 bits per heavy atom. The third-order valence-corrected chi connectivity index (χ3v) is 5.44. The zero-order valence-electron chi connectivity index (χ0n) is 12.7. The maximum atomic E-state index is 12.0. The molecule has 1 N–H and O–H groups in total. The Labute approximate surface area is 131 Å². The first-order chi connectivity index (χ1) is 10.7. The molecule has 3 aliphatic rings. The molecular weight excluding hydrogens is 270 g/mol. The van der Waals surface area contributed by atoms with Gasteiger partial charge in [0.2, 0.25) is 0 Å². The Hall–Kier alpha value is -1.90. The van der Waals surface area contributed by atoms with Crippen LogP contribution in [0, 0.1) is 5.92 Å². The van der Waals surface area contributed by atoms with Gasteiger partial charge in [-0.15, -0.1) is 0 Å². The highest BCUT2D eigenvalue weighted by molar-refractivity contribution is 5.33. The van der Waals surface area contributed by atoms with Crippen molar-refractivity contribution in [1.82, 2.24) is 0 Å². The number of allylic oxidation sites excluding steroid dienone is 1. The number of aliphatic hydroxyl groups is 1. The lowest BCUT2D eigenvalue weighted by Gasteiger charge is -2.53. The SMILES string of the molecule is OC(c1ccccc1)(c1ccccc1)[N+]12C=CC(CC1)CC2. The third kappa shape index (κ3) is 1.88. The van der Waals surface area contributed by atoms with Gasteiger partial charge < -0.3 is 5.11 Å². The molecule has 3 heterocycles. The van der Waals surface area contributed by atoms with Crippen molar-refractivity contribution in [2.45, 2.75) is 18.6 Å². The van der Waals surface area contributed by atoms with Crippen LogP contribution in [-0.2, 0) is 5.72 Å². The lowest BCUT2D eigenvalue weighted by atomic mass is 9.83. The Morgan fingerprint density at radius 2 is 1.32 bits per heavy atom. The number of quaternary nitrogens is 1. The molecule has 2 bridgehead atoms. The molecule has 112 valence electrons. The van der Waals surface area contributed by atoms with Gasteiger partial charge in [0.25, 0.3) is 5.72 Å². The van der Waals surface area contributed by atoms with Crippen molar-refractivity contribution < 1.29 is 9.59 Å². The standard InChI is InChI=1S/C20H22NO/c22-20(18-7-3-1-4-8-18,19-9-5-2-6-10-19)21-14-11-17(12-15-21)13-16-21/h1-11,14,17,22H,12-13,15-16H2/q+1. The topological polar surface area (TPSA) is 20.2 Å². The molecule has 1 saturated heterocycles. The van der Waals surface area contributed by atoms with Crippen LogP contribution in [0.4, 0.5) is 0 Å². The Bertz CT molecular complexity index is 630. The van der Waals surface area contributed by atoms with E-state index in [9.17, 15) is 5.11 Å². The van der Waals surface area contributed by atoms with Crippen molar-refractivity contribution in [2.24, 2.45) is 5.92 Å². The van der Waals surface area contributed by atoms with Crippen LogP contribution in [0.2, 0.25) is 0 Å². The summed E-state index contributed by atoms with van der Waals surface area (Å²) in [5.74, 6) is 0.704. The van der Waals surface area contributed by atoms with Crippen LogP contribution >= 0.6 is 0 Å². The number of nitrogens with zero attached hydrogens (tertiary/aromatic N) is 1. The summed E-state index contributed by atoms with van der Waals surface area (Å²) in [6.45, 7) is 2.00. The Kier molecular flexibility index (Phi) is 3.17. The van der Waals surface area contributed by atoms with Crippen molar-refractivity contribution in [3.8, 4) is 0 Å². The molecule has 22 heavy (non-hydrogen) atoms. The highest BCUT2D eigenvalue weighted by Crippen LogP contribution is 2.46. The molecule has 0 radical (unpaired) electrons. The molecule has 0 atom stereocenters. The summed E-state index contributed by atoms with van der Waals surface area (Å²) in [5, 5.41) is 12.0. The summed E-state index contributed by atoms with van der Waals surface area (Å²) >= 11 is 0. The summed E-state index contributed by atoms with van der Waals surface area (Å²) in [5.41, 5.74) is 0.946. The molecule has 0 unspecified atom stereocenters. The molecule has 3 aliphatic heterocycles. The van der Waals surface area contributed by atoms with E-state index in [-0.39, 0.29) is 0 Å². The minimum Gasteiger partial charge on any atom is -0.335 e. The lowest BCUT2D eigenvalue weighted by Crippen LogP contribution is -2.64. The van der Waals surface area contributed by atoms with E-state index in [1.54, 1.807) is 0 Å². The molecule has 0 saturated carbocycles. The number of fused-ring (bicyclic) bond motifs is 2. The van der Waals surface area contributed by atoms with Gasteiger partial charge in [0.15, 0.2) is 0 Å². The molecule has 0 spiro atoms. The second-order valence-electron chi connectivity index (χ2n) is 6.56. The number of piperidine rings is 1. The Morgan fingerprint density at radius 3 is 1.73 bits per heavy atom. The first-order valence-electron chi connectivity index (χ1n) is 8.14. The van der Waals surface area contributed by atoms with E-state index in [0.29, 0.717) is 10.4 Å². The first kappa shape index (κ1) is 13.7. The predicted molar refractivity (Wildman–Crippen MR) is 87.7 cm³/mol. The number of hydrogen-bond donors (Lipinski definition) is 1. The van der Waals surface area contributed by atoms with Crippen molar-refractivity contribution in [1.29, 1.82) is 0 Å². The number of hydrogen-bond acceptors (Lipinski definition) is 1. The molecule has 0 aromatic heterocycles. The van der Waals surface area contributed by atoms with Gasteiger partial charge in [-0.3, -0.25) is 4.48 Å². The smallest absolute Gasteiger partial charge is 0.258 e. The minimum absolute atomic E-state index is 0.623. The van der Waals surface area contributed by atoms with E-state index in [1.807, 2.05) is 36.4 Å². The zero-order chi connectivity index (χ0) is 15.0. The summed E-state index contributed by atoms with van der Waals surface area (Å²) in [7, 11) is 0. The molecule has 2 aromatic carbocycles.